The molecular weight excluding hydrogens is 364 g/mol. The highest BCUT2D eigenvalue weighted by Crippen LogP contribution is 2.34. The van der Waals surface area contributed by atoms with E-state index in [4.69, 9.17) is 11.6 Å². The van der Waals surface area contributed by atoms with Crippen LogP contribution in [0.2, 0.25) is 5.02 Å². The molecule has 2 fully saturated rings. The summed E-state index contributed by atoms with van der Waals surface area (Å²) in [5.74, 6) is -0.388. The number of hydrogen-bond acceptors (Lipinski definition) is 4. The predicted molar refractivity (Wildman–Crippen MR) is 106 cm³/mol. The van der Waals surface area contributed by atoms with Crippen molar-refractivity contribution in [2.24, 2.45) is 0 Å². The monoisotopic (exact) mass is 388 g/mol. The van der Waals surface area contributed by atoms with Gasteiger partial charge < -0.3 is 10.2 Å². The lowest BCUT2D eigenvalue weighted by atomic mass is 9.98. The van der Waals surface area contributed by atoms with Gasteiger partial charge in [-0.2, -0.15) is 5.10 Å². The lowest BCUT2D eigenvalue weighted by molar-refractivity contribution is 0.0874. The Kier molecular flexibility index (Phi) is 4.95. The Morgan fingerprint density at radius 2 is 2.00 bits per heavy atom. The Bertz CT molecular complexity index is 927. The molecule has 2 saturated heterocycles. The highest BCUT2D eigenvalue weighted by Gasteiger charge is 2.39. The van der Waals surface area contributed by atoms with Crippen molar-refractivity contribution in [3.8, 4) is 0 Å². The van der Waals surface area contributed by atoms with Gasteiger partial charge in [-0.05, 0) is 51.3 Å². The molecule has 4 rings (SSSR count). The normalized spacial score (nSPS) is 25.1. The number of carbonyl (C=O) groups excluding carboxylic acids is 1. The van der Waals surface area contributed by atoms with Gasteiger partial charge in [0.2, 0.25) is 5.43 Å². The van der Waals surface area contributed by atoms with E-state index in [1.807, 2.05) is 13.0 Å². The fourth-order valence-corrected chi connectivity index (χ4v) is 4.86. The third-order valence-corrected chi connectivity index (χ3v) is 6.33. The van der Waals surface area contributed by atoms with Crippen molar-refractivity contribution in [1.29, 1.82) is 0 Å². The zero-order valence-corrected chi connectivity index (χ0v) is 16.5. The van der Waals surface area contributed by atoms with Gasteiger partial charge in [0.1, 0.15) is 0 Å². The molecule has 27 heavy (non-hydrogen) atoms. The summed E-state index contributed by atoms with van der Waals surface area (Å²) in [5, 5.41) is 8.18. The van der Waals surface area contributed by atoms with Crippen molar-refractivity contribution in [3.05, 3.63) is 39.1 Å². The molecule has 0 aliphatic carbocycles. The molecule has 2 aromatic rings. The largest absolute Gasteiger partial charge is 0.348 e. The molecular formula is C20H25ClN4O2. The van der Waals surface area contributed by atoms with Crippen LogP contribution in [0.3, 0.4) is 0 Å². The molecule has 2 bridgehead atoms. The predicted octanol–water partition coefficient (Wildman–Crippen LogP) is 2.81. The summed E-state index contributed by atoms with van der Waals surface area (Å²) in [4.78, 5) is 28.3. The molecule has 2 aliphatic rings. The third-order valence-electron chi connectivity index (χ3n) is 6.02. The number of rotatable bonds is 4. The second kappa shape index (κ2) is 7.24. The summed E-state index contributed by atoms with van der Waals surface area (Å²) in [6, 6.07) is 6.43. The van der Waals surface area contributed by atoms with E-state index in [-0.39, 0.29) is 17.6 Å². The number of fused-ring (bicyclic) bond motifs is 3. The number of aryl methyl sites for hydroxylation is 1. The number of hydrogen-bond donors (Lipinski definition) is 1. The minimum absolute atomic E-state index is 0.0599. The number of carbonyl (C=O) groups is 1. The molecule has 2 aliphatic heterocycles. The highest BCUT2D eigenvalue weighted by molar-refractivity contribution is 6.35. The maximum atomic E-state index is 13.0. The highest BCUT2D eigenvalue weighted by atomic mass is 35.5. The van der Waals surface area contributed by atoms with E-state index in [0.29, 0.717) is 34.6 Å². The van der Waals surface area contributed by atoms with Crippen molar-refractivity contribution < 1.29 is 4.79 Å². The SMILES string of the molecule is CCCn1nc(C(=O)NC2CC3CCC(C2)N3C)c(=O)c2c(Cl)cccc21. The van der Waals surface area contributed by atoms with Crippen LogP contribution in [0.25, 0.3) is 10.9 Å². The maximum absolute atomic E-state index is 13.0. The van der Waals surface area contributed by atoms with Crippen LogP contribution < -0.4 is 10.7 Å². The van der Waals surface area contributed by atoms with Gasteiger partial charge in [-0.15, -0.1) is 0 Å². The summed E-state index contributed by atoms with van der Waals surface area (Å²) >= 11 is 6.29. The van der Waals surface area contributed by atoms with Crippen LogP contribution in [0.15, 0.2) is 23.0 Å². The molecule has 7 heteroatoms. The lowest BCUT2D eigenvalue weighted by Crippen LogP contribution is -2.49. The van der Waals surface area contributed by atoms with Gasteiger partial charge in [0.05, 0.1) is 15.9 Å². The lowest BCUT2D eigenvalue weighted by Gasteiger charge is -2.36. The Balaban J connectivity index is 1.67. The molecule has 3 heterocycles. The van der Waals surface area contributed by atoms with Crippen molar-refractivity contribution in [1.82, 2.24) is 20.0 Å². The molecule has 6 nitrogen and oxygen atoms in total. The second-order valence-corrected chi connectivity index (χ2v) is 8.13. The van der Waals surface area contributed by atoms with Crippen LogP contribution >= 0.6 is 11.6 Å². The number of benzene rings is 1. The van der Waals surface area contributed by atoms with Crippen molar-refractivity contribution in [3.63, 3.8) is 0 Å². The van der Waals surface area contributed by atoms with E-state index < -0.39 is 5.43 Å². The average molecular weight is 389 g/mol. The van der Waals surface area contributed by atoms with Gasteiger partial charge in [-0.3, -0.25) is 14.3 Å². The van der Waals surface area contributed by atoms with Crippen LogP contribution in [0, 0.1) is 0 Å². The topological polar surface area (TPSA) is 67.2 Å². The second-order valence-electron chi connectivity index (χ2n) is 7.73. The van der Waals surface area contributed by atoms with E-state index in [1.165, 1.54) is 12.8 Å². The Morgan fingerprint density at radius 3 is 2.67 bits per heavy atom. The van der Waals surface area contributed by atoms with Gasteiger partial charge in [0, 0.05) is 24.7 Å². The van der Waals surface area contributed by atoms with Crippen LogP contribution in [0.4, 0.5) is 0 Å². The van der Waals surface area contributed by atoms with Gasteiger partial charge in [0.15, 0.2) is 5.69 Å². The molecule has 0 spiro atoms. The Hall–Kier alpha value is -1.92. The Morgan fingerprint density at radius 1 is 1.30 bits per heavy atom. The average Bonchev–Trinajstić information content (AvgIpc) is 2.85. The fourth-order valence-electron chi connectivity index (χ4n) is 4.60. The molecule has 0 radical (unpaired) electrons. The smallest absolute Gasteiger partial charge is 0.276 e. The van der Waals surface area contributed by atoms with E-state index in [2.05, 4.69) is 22.4 Å². The molecule has 0 saturated carbocycles. The standard InChI is InChI=1S/C20H25ClN4O2/c1-3-9-25-16-6-4-5-15(21)17(16)19(26)18(23-25)20(27)22-12-10-13-7-8-14(11-12)24(13)2/h4-6,12-14H,3,7-11H2,1-2H3,(H,22,27). The number of halogens is 1. The number of aromatic nitrogens is 2. The van der Waals surface area contributed by atoms with Gasteiger partial charge >= 0.3 is 0 Å². The maximum Gasteiger partial charge on any atom is 0.276 e. The molecule has 2 atom stereocenters. The first-order valence-corrected chi connectivity index (χ1v) is 10.1. The molecule has 144 valence electrons. The van der Waals surface area contributed by atoms with Gasteiger partial charge in [-0.1, -0.05) is 24.6 Å². The van der Waals surface area contributed by atoms with Crippen molar-refractivity contribution >= 4 is 28.4 Å². The van der Waals surface area contributed by atoms with E-state index in [9.17, 15) is 9.59 Å². The Labute approximate surface area is 163 Å². The van der Waals surface area contributed by atoms with E-state index in [1.54, 1.807) is 16.8 Å². The van der Waals surface area contributed by atoms with Gasteiger partial charge in [0.25, 0.3) is 5.91 Å². The van der Waals surface area contributed by atoms with Crippen LogP contribution in [0.1, 0.15) is 49.5 Å². The number of nitrogens with one attached hydrogen (secondary N) is 1. The van der Waals surface area contributed by atoms with Crippen LogP contribution in [-0.2, 0) is 6.54 Å². The first-order chi connectivity index (χ1) is 13.0. The summed E-state index contributed by atoms with van der Waals surface area (Å²) in [6.07, 6.45) is 5.06. The summed E-state index contributed by atoms with van der Waals surface area (Å²) in [6.45, 7) is 2.65. The zero-order valence-electron chi connectivity index (χ0n) is 15.7. The number of nitrogens with zero attached hydrogens (tertiary/aromatic N) is 3. The van der Waals surface area contributed by atoms with Crippen molar-refractivity contribution in [2.45, 2.75) is 63.7 Å². The summed E-state index contributed by atoms with van der Waals surface area (Å²) in [5.41, 5.74) is 0.218. The molecule has 1 aromatic carbocycles. The molecule has 1 amide bonds. The third kappa shape index (κ3) is 3.25. The van der Waals surface area contributed by atoms with Gasteiger partial charge in [-0.25, -0.2) is 0 Å². The minimum Gasteiger partial charge on any atom is -0.348 e. The van der Waals surface area contributed by atoms with E-state index >= 15 is 0 Å². The molecule has 1 aromatic heterocycles. The zero-order chi connectivity index (χ0) is 19.1. The quantitative estimate of drug-likeness (QED) is 0.874. The molecule has 2 unspecified atom stereocenters. The first-order valence-electron chi connectivity index (χ1n) is 9.71. The summed E-state index contributed by atoms with van der Waals surface area (Å²) < 4.78 is 1.72. The first kappa shape index (κ1) is 18.4. The van der Waals surface area contributed by atoms with Crippen molar-refractivity contribution in [2.75, 3.05) is 7.05 Å². The fraction of sp³-hybridized carbons (Fsp3) is 0.550. The summed E-state index contributed by atoms with van der Waals surface area (Å²) in [7, 11) is 2.16. The van der Waals surface area contributed by atoms with E-state index in [0.717, 1.165) is 19.3 Å². The number of amides is 1. The minimum atomic E-state index is -0.392. The molecule has 1 N–H and O–H groups in total. The van der Waals surface area contributed by atoms with Crippen LogP contribution in [-0.4, -0.2) is 45.8 Å². The number of piperidine rings is 1. The van der Waals surface area contributed by atoms with Crippen LogP contribution in [0.5, 0.6) is 0 Å².